The van der Waals surface area contributed by atoms with Gasteiger partial charge in [0.25, 0.3) is 0 Å². The molecule has 0 bridgehead atoms. The first-order valence-electron chi connectivity index (χ1n) is 5.73. The van der Waals surface area contributed by atoms with Crippen LogP contribution in [0.5, 0.6) is 5.88 Å². The van der Waals surface area contributed by atoms with Crippen molar-refractivity contribution in [2.45, 2.75) is 32.6 Å². The molecule has 1 aliphatic carbocycles. The van der Waals surface area contributed by atoms with E-state index >= 15 is 0 Å². The number of nitrogen functional groups attached to an aromatic ring is 1. The number of hydrogen-bond donors (Lipinski definition) is 2. The summed E-state index contributed by atoms with van der Waals surface area (Å²) in [4.78, 5) is 8.29. The van der Waals surface area contributed by atoms with Crippen LogP contribution in [0.2, 0.25) is 0 Å². The van der Waals surface area contributed by atoms with E-state index in [-0.39, 0.29) is 0 Å². The molecule has 16 heavy (non-hydrogen) atoms. The van der Waals surface area contributed by atoms with Gasteiger partial charge in [-0.15, -0.1) is 0 Å². The third kappa shape index (κ3) is 2.82. The van der Waals surface area contributed by atoms with E-state index in [1.54, 1.807) is 6.07 Å². The summed E-state index contributed by atoms with van der Waals surface area (Å²) >= 11 is 0. The normalized spacial score (nSPS) is 15.6. The smallest absolute Gasteiger partial charge is 0.218 e. The number of aromatic nitrogens is 2. The van der Waals surface area contributed by atoms with Crippen molar-refractivity contribution in [2.75, 3.05) is 12.0 Å². The summed E-state index contributed by atoms with van der Waals surface area (Å²) in [6.45, 7) is 2.55. The number of hydrazine groups is 1. The SMILES string of the molecule is Cc1nc(NN)cc(OCCC2CCC2)n1. The fourth-order valence-electron chi connectivity index (χ4n) is 1.80. The van der Waals surface area contributed by atoms with Crippen LogP contribution in [0.25, 0.3) is 0 Å². The minimum Gasteiger partial charge on any atom is -0.478 e. The summed E-state index contributed by atoms with van der Waals surface area (Å²) in [5.41, 5.74) is 2.50. The van der Waals surface area contributed by atoms with Crippen molar-refractivity contribution in [2.24, 2.45) is 11.8 Å². The van der Waals surface area contributed by atoms with Crippen LogP contribution in [0, 0.1) is 12.8 Å². The molecule has 2 rings (SSSR count). The Morgan fingerprint density at radius 3 is 2.94 bits per heavy atom. The summed E-state index contributed by atoms with van der Waals surface area (Å²) in [5, 5.41) is 0. The zero-order valence-corrected chi connectivity index (χ0v) is 9.57. The van der Waals surface area contributed by atoms with Gasteiger partial charge in [-0.05, 0) is 19.3 Å². The predicted octanol–water partition coefficient (Wildman–Crippen LogP) is 1.64. The molecule has 1 saturated carbocycles. The Morgan fingerprint density at radius 1 is 1.50 bits per heavy atom. The minimum absolute atomic E-state index is 0.589. The molecule has 0 unspecified atom stereocenters. The van der Waals surface area contributed by atoms with Gasteiger partial charge in [-0.2, -0.15) is 4.98 Å². The molecule has 0 saturated heterocycles. The molecule has 5 heteroatoms. The molecule has 1 aliphatic rings. The van der Waals surface area contributed by atoms with Gasteiger partial charge >= 0.3 is 0 Å². The number of nitrogens with zero attached hydrogens (tertiary/aromatic N) is 2. The van der Waals surface area contributed by atoms with Gasteiger partial charge in [0.15, 0.2) is 0 Å². The monoisotopic (exact) mass is 222 g/mol. The highest BCUT2D eigenvalue weighted by Gasteiger charge is 2.17. The van der Waals surface area contributed by atoms with Gasteiger partial charge in [0.1, 0.15) is 11.6 Å². The molecule has 0 atom stereocenters. The lowest BCUT2D eigenvalue weighted by atomic mass is 9.83. The van der Waals surface area contributed by atoms with Gasteiger partial charge in [-0.3, -0.25) is 0 Å². The second-order valence-electron chi connectivity index (χ2n) is 4.22. The number of ether oxygens (including phenoxy) is 1. The Balaban J connectivity index is 1.84. The van der Waals surface area contributed by atoms with Gasteiger partial charge in [0, 0.05) is 6.07 Å². The van der Waals surface area contributed by atoms with Crippen molar-refractivity contribution in [1.82, 2.24) is 9.97 Å². The molecule has 1 heterocycles. The lowest BCUT2D eigenvalue weighted by molar-refractivity contribution is 0.217. The van der Waals surface area contributed by atoms with Crippen LogP contribution in [0.15, 0.2) is 6.07 Å². The number of nitrogens with two attached hydrogens (primary N) is 1. The summed E-state index contributed by atoms with van der Waals surface area (Å²) in [6.07, 6.45) is 5.19. The van der Waals surface area contributed by atoms with Crippen LogP contribution in [-0.2, 0) is 0 Å². The van der Waals surface area contributed by atoms with E-state index in [1.165, 1.54) is 19.3 Å². The molecule has 0 radical (unpaired) electrons. The lowest BCUT2D eigenvalue weighted by Gasteiger charge is -2.24. The van der Waals surface area contributed by atoms with E-state index < -0.39 is 0 Å². The fraction of sp³-hybridized carbons (Fsp3) is 0.636. The summed E-state index contributed by atoms with van der Waals surface area (Å²) in [7, 11) is 0. The van der Waals surface area contributed by atoms with Crippen molar-refractivity contribution in [3.05, 3.63) is 11.9 Å². The quantitative estimate of drug-likeness (QED) is 0.585. The fourth-order valence-corrected chi connectivity index (χ4v) is 1.80. The largest absolute Gasteiger partial charge is 0.478 e. The molecule has 0 amide bonds. The maximum atomic E-state index is 5.59. The summed E-state index contributed by atoms with van der Waals surface area (Å²) < 4.78 is 5.59. The zero-order valence-electron chi connectivity index (χ0n) is 9.57. The predicted molar refractivity (Wildman–Crippen MR) is 62.0 cm³/mol. The Labute approximate surface area is 95.4 Å². The van der Waals surface area contributed by atoms with Crippen molar-refractivity contribution < 1.29 is 4.74 Å². The Kier molecular flexibility index (Phi) is 3.56. The van der Waals surface area contributed by atoms with Crippen LogP contribution < -0.4 is 16.0 Å². The highest BCUT2D eigenvalue weighted by atomic mass is 16.5. The third-order valence-corrected chi connectivity index (χ3v) is 2.96. The first-order chi connectivity index (χ1) is 7.78. The average molecular weight is 222 g/mol. The van der Waals surface area contributed by atoms with Gasteiger partial charge in [-0.25, -0.2) is 10.8 Å². The number of anilines is 1. The first kappa shape index (κ1) is 11.1. The van der Waals surface area contributed by atoms with E-state index in [1.807, 2.05) is 6.92 Å². The molecular formula is C11H18N4O. The third-order valence-electron chi connectivity index (χ3n) is 2.96. The number of rotatable bonds is 5. The minimum atomic E-state index is 0.589. The lowest BCUT2D eigenvalue weighted by Crippen LogP contribution is -2.15. The maximum absolute atomic E-state index is 5.59. The number of nitrogens with one attached hydrogen (secondary N) is 1. The molecule has 88 valence electrons. The molecule has 0 aliphatic heterocycles. The van der Waals surface area contributed by atoms with E-state index in [0.717, 1.165) is 18.9 Å². The van der Waals surface area contributed by atoms with E-state index in [4.69, 9.17) is 10.6 Å². The summed E-state index contributed by atoms with van der Waals surface area (Å²) in [6, 6.07) is 1.72. The molecule has 0 spiro atoms. The Bertz CT molecular complexity index is 352. The highest BCUT2D eigenvalue weighted by Crippen LogP contribution is 2.29. The molecular weight excluding hydrogens is 204 g/mol. The van der Waals surface area contributed by atoms with Gasteiger partial charge < -0.3 is 10.2 Å². The van der Waals surface area contributed by atoms with Crippen LogP contribution in [0.1, 0.15) is 31.5 Å². The molecule has 5 nitrogen and oxygen atoms in total. The summed E-state index contributed by atoms with van der Waals surface area (Å²) in [5.74, 6) is 8.00. The van der Waals surface area contributed by atoms with Gasteiger partial charge in [0.05, 0.1) is 6.61 Å². The second-order valence-corrected chi connectivity index (χ2v) is 4.22. The Hall–Kier alpha value is -1.36. The number of aryl methyl sites for hydroxylation is 1. The number of hydrogen-bond acceptors (Lipinski definition) is 5. The van der Waals surface area contributed by atoms with Crippen molar-refractivity contribution in [1.29, 1.82) is 0 Å². The van der Waals surface area contributed by atoms with Gasteiger partial charge in [0.2, 0.25) is 5.88 Å². The van der Waals surface area contributed by atoms with E-state index in [0.29, 0.717) is 17.5 Å². The van der Waals surface area contributed by atoms with Crippen LogP contribution in [-0.4, -0.2) is 16.6 Å². The highest BCUT2D eigenvalue weighted by molar-refractivity contribution is 5.36. The van der Waals surface area contributed by atoms with E-state index in [2.05, 4.69) is 15.4 Å². The van der Waals surface area contributed by atoms with Crippen LogP contribution in [0.4, 0.5) is 5.82 Å². The van der Waals surface area contributed by atoms with Gasteiger partial charge in [-0.1, -0.05) is 19.3 Å². The second kappa shape index (κ2) is 5.12. The van der Waals surface area contributed by atoms with Crippen LogP contribution >= 0.6 is 0 Å². The van der Waals surface area contributed by atoms with Crippen LogP contribution in [0.3, 0.4) is 0 Å². The molecule has 1 aromatic heterocycles. The molecule has 3 N–H and O–H groups in total. The van der Waals surface area contributed by atoms with Crippen molar-refractivity contribution in [3.63, 3.8) is 0 Å². The van der Waals surface area contributed by atoms with Crippen molar-refractivity contribution >= 4 is 5.82 Å². The maximum Gasteiger partial charge on any atom is 0.218 e. The van der Waals surface area contributed by atoms with E-state index in [9.17, 15) is 0 Å². The molecule has 1 fully saturated rings. The standard InChI is InChI=1S/C11H18N4O/c1-8-13-10(15-12)7-11(14-8)16-6-5-9-3-2-4-9/h7,9H,2-6,12H2,1H3,(H,13,14,15). The zero-order chi connectivity index (χ0) is 11.4. The topological polar surface area (TPSA) is 73.1 Å². The average Bonchev–Trinajstić information content (AvgIpc) is 2.21. The Morgan fingerprint density at radius 2 is 2.31 bits per heavy atom. The van der Waals surface area contributed by atoms with Crippen molar-refractivity contribution in [3.8, 4) is 5.88 Å². The first-order valence-corrected chi connectivity index (χ1v) is 5.73. The molecule has 0 aromatic carbocycles. The molecule has 1 aromatic rings.